The van der Waals surface area contributed by atoms with Crippen LogP contribution >= 0.6 is 0 Å². The van der Waals surface area contributed by atoms with Crippen LogP contribution in [0, 0.1) is 0 Å². The number of hydrogen-bond donors (Lipinski definition) is 1. The molecule has 2 N–H and O–H groups in total. The normalized spacial score (nSPS) is 12.3. The van der Waals surface area contributed by atoms with Crippen LogP contribution in [0.3, 0.4) is 0 Å². The van der Waals surface area contributed by atoms with Crippen LogP contribution < -0.4 is 10.5 Å². The van der Waals surface area contributed by atoms with Crippen molar-refractivity contribution < 1.29 is 14.3 Å². The average molecular weight is 237 g/mol. The predicted molar refractivity (Wildman–Crippen MR) is 65.8 cm³/mol. The van der Waals surface area contributed by atoms with E-state index in [9.17, 15) is 4.79 Å². The fourth-order valence-electron chi connectivity index (χ4n) is 1.45. The van der Waals surface area contributed by atoms with E-state index >= 15 is 0 Å². The Morgan fingerprint density at radius 1 is 1.29 bits per heavy atom. The lowest BCUT2D eigenvalue weighted by atomic mass is 10.0. The molecule has 0 bridgehead atoms. The summed E-state index contributed by atoms with van der Waals surface area (Å²) in [6.07, 6.45) is 0.325. The molecule has 0 fully saturated rings. The fraction of sp³-hybridized carbons (Fsp3) is 0.462. The largest absolute Gasteiger partial charge is 0.491 e. The summed E-state index contributed by atoms with van der Waals surface area (Å²) >= 11 is 0. The highest BCUT2D eigenvalue weighted by molar-refractivity contribution is 5.70. The molecule has 4 heteroatoms. The molecule has 0 aromatic heterocycles. The molecule has 0 saturated carbocycles. The molecule has 0 heterocycles. The molecule has 0 aliphatic rings. The minimum atomic E-state index is -0.337. The Morgan fingerprint density at radius 3 is 2.35 bits per heavy atom. The number of esters is 1. The van der Waals surface area contributed by atoms with Gasteiger partial charge in [0.05, 0.1) is 19.6 Å². The maximum Gasteiger partial charge on any atom is 0.307 e. The second-order valence-corrected chi connectivity index (χ2v) is 4.12. The van der Waals surface area contributed by atoms with Crippen LogP contribution in [0.1, 0.15) is 31.9 Å². The van der Waals surface area contributed by atoms with Gasteiger partial charge in [-0.25, -0.2) is 0 Å². The molecule has 0 spiro atoms. The first kappa shape index (κ1) is 13.5. The highest BCUT2D eigenvalue weighted by Gasteiger charge is 2.11. The Morgan fingerprint density at radius 2 is 1.88 bits per heavy atom. The van der Waals surface area contributed by atoms with E-state index in [1.807, 2.05) is 38.1 Å². The molecule has 0 amide bonds. The Hall–Kier alpha value is -1.55. The van der Waals surface area contributed by atoms with Crippen molar-refractivity contribution in [3.8, 4) is 5.75 Å². The molecule has 94 valence electrons. The third-order valence-corrected chi connectivity index (χ3v) is 2.29. The molecular weight excluding hydrogens is 218 g/mol. The van der Waals surface area contributed by atoms with Crippen molar-refractivity contribution in [1.82, 2.24) is 0 Å². The molecular formula is C13H19NO3. The Balaban J connectivity index is 2.63. The van der Waals surface area contributed by atoms with E-state index in [-0.39, 0.29) is 24.5 Å². The minimum Gasteiger partial charge on any atom is -0.491 e. The second-order valence-electron chi connectivity index (χ2n) is 4.12. The lowest BCUT2D eigenvalue weighted by molar-refractivity contribution is -0.141. The standard InChI is InChI=1S/C13H19NO3/c1-9(2)17-11-6-4-10(5-7-11)12(14)8-13(15)16-3/h4-7,9,12H,8,14H2,1-3H3/t12-/m1/s1. The van der Waals surface area contributed by atoms with E-state index < -0.39 is 0 Å². The van der Waals surface area contributed by atoms with Gasteiger partial charge in [0.15, 0.2) is 0 Å². The molecule has 1 aromatic rings. The van der Waals surface area contributed by atoms with Gasteiger partial charge >= 0.3 is 5.97 Å². The van der Waals surface area contributed by atoms with Crippen LogP contribution in [0.25, 0.3) is 0 Å². The van der Waals surface area contributed by atoms with Crippen molar-refractivity contribution in [2.24, 2.45) is 5.73 Å². The van der Waals surface area contributed by atoms with Crippen LogP contribution in [-0.4, -0.2) is 19.2 Å². The first-order valence-corrected chi connectivity index (χ1v) is 5.62. The third kappa shape index (κ3) is 4.44. The van der Waals surface area contributed by atoms with Gasteiger partial charge in [-0.1, -0.05) is 12.1 Å². The zero-order valence-corrected chi connectivity index (χ0v) is 10.5. The SMILES string of the molecule is COC(=O)C[C@@H](N)c1ccc(OC(C)C)cc1. The number of carbonyl (C=O) groups is 1. The van der Waals surface area contributed by atoms with Crippen LogP contribution in [0.4, 0.5) is 0 Å². The van der Waals surface area contributed by atoms with Crippen molar-refractivity contribution in [2.75, 3.05) is 7.11 Å². The number of carbonyl (C=O) groups excluding carboxylic acids is 1. The highest BCUT2D eigenvalue weighted by atomic mass is 16.5. The Labute approximate surface area is 102 Å². The maximum atomic E-state index is 11.1. The summed E-state index contributed by atoms with van der Waals surface area (Å²) in [5.74, 6) is 0.494. The van der Waals surface area contributed by atoms with Gasteiger partial charge in [-0.2, -0.15) is 0 Å². The van der Waals surface area contributed by atoms with Crippen LogP contribution in [0.2, 0.25) is 0 Å². The summed E-state index contributed by atoms with van der Waals surface area (Å²) in [5, 5.41) is 0. The van der Waals surface area contributed by atoms with Gasteiger partial charge in [-0.3, -0.25) is 4.79 Å². The van der Waals surface area contributed by atoms with Crippen molar-refractivity contribution in [3.05, 3.63) is 29.8 Å². The van der Waals surface area contributed by atoms with Crippen molar-refractivity contribution in [2.45, 2.75) is 32.4 Å². The number of benzene rings is 1. The van der Waals surface area contributed by atoms with Gasteiger partial charge in [0.2, 0.25) is 0 Å². The van der Waals surface area contributed by atoms with Gasteiger partial charge < -0.3 is 15.2 Å². The third-order valence-electron chi connectivity index (χ3n) is 2.29. The first-order valence-electron chi connectivity index (χ1n) is 5.62. The van der Waals surface area contributed by atoms with Crippen molar-refractivity contribution >= 4 is 5.97 Å². The maximum absolute atomic E-state index is 11.1. The first-order chi connectivity index (χ1) is 8.02. The van der Waals surface area contributed by atoms with Gasteiger partial charge in [-0.15, -0.1) is 0 Å². The van der Waals surface area contributed by atoms with E-state index in [1.165, 1.54) is 7.11 Å². The minimum absolute atomic E-state index is 0.143. The van der Waals surface area contributed by atoms with E-state index in [1.54, 1.807) is 0 Å². The second kappa shape index (κ2) is 6.25. The molecule has 0 aliphatic heterocycles. The Kier molecular flexibility index (Phi) is 4.97. The van der Waals surface area contributed by atoms with E-state index in [0.717, 1.165) is 11.3 Å². The lowest BCUT2D eigenvalue weighted by Crippen LogP contribution is -2.16. The highest BCUT2D eigenvalue weighted by Crippen LogP contribution is 2.19. The quantitative estimate of drug-likeness (QED) is 0.796. The lowest BCUT2D eigenvalue weighted by Gasteiger charge is -2.13. The summed E-state index contributed by atoms with van der Waals surface area (Å²) in [4.78, 5) is 11.1. The monoisotopic (exact) mass is 237 g/mol. The van der Waals surface area contributed by atoms with E-state index in [4.69, 9.17) is 10.5 Å². The van der Waals surface area contributed by atoms with Gasteiger partial charge in [-0.05, 0) is 31.5 Å². The summed E-state index contributed by atoms with van der Waals surface area (Å²) in [7, 11) is 1.36. The number of ether oxygens (including phenoxy) is 2. The van der Waals surface area contributed by atoms with Crippen molar-refractivity contribution in [3.63, 3.8) is 0 Å². The molecule has 4 nitrogen and oxygen atoms in total. The Bertz CT molecular complexity index is 359. The van der Waals surface area contributed by atoms with Gasteiger partial charge in [0.1, 0.15) is 5.75 Å². The number of nitrogens with two attached hydrogens (primary N) is 1. The van der Waals surface area contributed by atoms with Crippen molar-refractivity contribution in [1.29, 1.82) is 0 Å². The predicted octanol–water partition coefficient (Wildman–Crippen LogP) is 2.04. The summed E-state index contributed by atoms with van der Waals surface area (Å²) in [6, 6.07) is 7.10. The van der Waals surface area contributed by atoms with E-state index in [0.29, 0.717) is 0 Å². The van der Waals surface area contributed by atoms with Crippen LogP contribution in [0.15, 0.2) is 24.3 Å². The average Bonchev–Trinajstić information content (AvgIpc) is 2.28. The molecule has 1 atom stereocenters. The molecule has 1 aromatic carbocycles. The molecule has 17 heavy (non-hydrogen) atoms. The number of methoxy groups -OCH3 is 1. The zero-order valence-electron chi connectivity index (χ0n) is 10.5. The van der Waals surface area contributed by atoms with Gasteiger partial charge in [0.25, 0.3) is 0 Å². The van der Waals surface area contributed by atoms with Crippen LogP contribution in [0.5, 0.6) is 5.75 Å². The molecule has 0 radical (unpaired) electrons. The number of rotatable bonds is 5. The topological polar surface area (TPSA) is 61.5 Å². The molecule has 1 rings (SSSR count). The molecule has 0 unspecified atom stereocenters. The zero-order chi connectivity index (χ0) is 12.8. The van der Waals surface area contributed by atoms with E-state index in [2.05, 4.69) is 4.74 Å². The smallest absolute Gasteiger partial charge is 0.307 e. The van der Waals surface area contributed by atoms with Gasteiger partial charge in [0, 0.05) is 6.04 Å². The summed E-state index contributed by atoms with van der Waals surface area (Å²) < 4.78 is 10.1. The summed E-state index contributed by atoms with van der Waals surface area (Å²) in [6.45, 7) is 3.94. The molecule has 0 aliphatic carbocycles. The summed E-state index contributed by atoms with van der Waals surface area (Å²) in [5.41, 5.74) is 6.78. The molecule has 0 saturated heterocycles. The van der Waals surface area contributed by atoms with Crippen LogP contribution in [-0.2, 0) is 9.53 Å². The fourth-order valence-corrected chi connectivity index (χ4v) is 1.45. The number of hydrogen-bond acceptors (Lipinski definition) is 4.